The van der Waals surface area contributed by atoms with E-state index in [2.05, 4.69) is 26.6 Å². The van der Waals surface area contributed by atoms with Crippen LogP contribution in [0.2, 0.25) is 0 Å². The molecule has 4 aromatic rings. The molecule has 0 amide bonds. The third kappa shape index (κ3) is 3.63. The molecule has 0 radical (unpaired) electrons. The summed E-state index contributed by atoms with van der Waals surface area (Å²) >= 11 is 0. The minimum absolute atomic E-state index is 0.528. The average Bonchev–Trinajstić information content (AvgIpc) is 3.50. The van der Waals surface area contributed by atoms with Gasteiger partial charge in [0, 0.05) is 22.8 Å². The van der Waals surface area contributed by atoms with Gasteiger partial charge in [-0.2, -0.15) is 10.4 Å². The van der Waals surface area contributed by atoms with Crippen molar-refractivity contribution in [3.8, 4) is 23.1 Å². The van der Waals surface area contributed by atoms with Gasteiger partial charge in [0.15, 0.2) is 0 Å². The second-order valence-electron chi connectivity index (χ2n) is 7.28. The Kier molecular flexibility index (Phi) is 4.34. The van der Waals surface area contributed by atoms with E-state index in [-0.39, 0.29) is 0 Å². The Hall–Kier alpha value is -3.85. The highest BCUT2D eigenvalue weighted by Gasteiger charge is 2.23. The molecule has 0 atom stereocenters. The van der Waals surface area contributed by atoms with Crippen molar-refractivity contribution in [1.29, 1.82) is 5.26 Å². The molecule has 2 aromatic carbocycles. The molecule has 5 rings (SSSR count). The molecule has 6 heteroatoms. The van der Waals surface area contributed by atoms with Crippen LogP contribution in [0.5, 0.6) is 5.75 Å². The topological polar surface area (TPSA) is 86.6 Å². The molecule has 2 heterocycles. The molecule has 0 saturated heterocycles. The van der Waals surface area contributed by atoms with Gasteiger partial charge in [0.1, 0.15) is 17.5 Å². The van der Waals surface area contributed by atoms with Gasteiger partial charge in [0.05, 0.1) is 29.6 Å². The highest BCUT2D eigenvalue weighted by Crippen LogP contribution is 2.35. The third-order valence-corrected chi connectivity index (χ3v) is 5.04. The van der Waals surface area contributed by atoms with Crippen LogP contribution in [0.4, 0.5) is 11.4 Å². The third-order valence-electron chi connectivity index (χ3n) is 5.04. The highest BCUT2D eigenvalue weighted by atomic mass is 16.5. The number of hydrogen-bond donors (Lipinski definition) is 2. The van der Waals surface area contributed by atoms with Crippen LogP contribution in [0.25, 0.3) is 22.2 Å². The Morgan fingerprint density at radius 2 is 2.03 bits per heavy atom. The lowest BCUT2D eigenvalue weighted by molar-refractivity contribution is 0.299. The highest BCUT2D eigenvalue weighted by molar-refractivity contribution is 5.95. The summed E-state index contributed by atoms with van der Waals surface area (Å²) in [7, 11) is 0. The van der Waals surface area contributed by atoms with E-state index in [1.54, 1.807) is 12.4 Å². The van der Waals surface area contributed by atoms with Crippen LogP contribution in [-0.2, 0) is 0 Å². The first-order chi connectivity index (χ1) is 14.3. The lowest BCUT2D eigenvalue weighted by atomic mass is 10.0. The van der Waals surface area contributed by atoms with Crippen LogP contribution in [0.1, 0.15) is 18.4 Å². The fourth-order valence-corrected chi connectivity index (χ4v) is 3.31. The smallest absolute Gasteiger partial charge is 0.137 e. The van der Waals surface area contributed by atoms with Crippen LogP contribution in [0.3, 0.4) is 0 Å². The number of rotatable bonds is 6. The molecular weight excluding hydrogens is 362 g/mol. The van der Waals surface area contributed by atoms with E-state index < -0.39 is 0 Å². The van der Waals surface area contributed by atoms with Crippen molar-refractivity contribution in [2.45, 2.75) is 12.8 Å². The molecule has 2 N–H and O–H groups in total. The minimum Gasteiger partial charge on any atom is -0.492 e. The van der Waals surface area contributed by atoms with E-state index in [9.17, 15) is 5.26 Å². The van der Waals surface area contributed by atoms with E-state index >= 15 is 0 Å². The Bertz CT molecular complexity index is 1210. The van der Waals surface area contributed by atoms with Gasteiger partial charge in [-0.25, -0.2) is 0 Å². The van der Waals surface area contributed by atoms with Gasteiger partial charge in [0.2, 0.25) is 0 Å². The van der Waals surface area contributed by atoms with E-state index in [4.69, 9.17) is 4.74 Å². The fraction of sp³-hybridized carbons (Fsp3) is 0.174. The quantitative estimate of drug-likeness (QED) is 0.489. The number of aromatic amines is 1. The first-order valence-corrected chi connectivity index (χ1v) is 9.62. The number of pyridine rings is 1. The number of benzene rings is 2. The summed E-state index contributed by atoms with van der Waals surface area (Å²) in [5, 5.41) is 21.3. The van der Waals surface area contributed by atoms with Gasteiger partial charge in [0.25, 0.3) is 0 Å². The lowest BCUT2D eigenvalue weighted by Crippen LogP contribution is -2.00. The molecule has 1 aliphatic carbocycles. The summed E-state index contributed by atoms with van der Waals surface area (Å²) < 4.78 is 5.94. The molecule has 0 spiro atoms. The number of ether oxygens (including phenoxy) is 1. The molecule has 142 valence electrons. The van der Waals surface area contributed by atoms with Crippen molar-refractivity contribution in [3.63, 3.8) is 0 Å². The van der Waals surface area contributed by atoms with E-state index in [1.807, 2.05) is 48.5 Å². The molecule has 0 aliphatic heterocycles. The monoisotopic (exact) mass is 381 g/mol. The number of nitriles is 1. The molecular formula is C23H19N5O. The summed E-state index contributed by atoms with van der Waals surface area (Å²) in [5.41, 5.74) is 5.02. The van der Waals surface area contributed by atoms with Crippen molar-refractivity contribution < 1.29 is 4.74 Å². The number of nitrogens with zero attached hydrogens (tertiary/aromatic N) is 3. The Labute approximate surface area is 168 Å². The average molecular weight is 381 g/mol. The number of H-pyrrole nitrogens is 1. The van der Waals surface area contributed by atoms with Crippen LogP contribution in [0.15, 0.2) is 60.9 Å². The molecule has 29 heavy (non-hydrogen) atoms. The van der Waals surface area contributed by atoms with Crippen molar-refractivity contribution in [2.75, 3.05) is 11.9 Å². The van der Waals surface area contributed by atoms with Gasteiger partial charge in [-0.15, -0.1) is 0 Å². The standard InChI is InChI=1S/C23H19N5O/c24-12-17-10-21-20(11-22(17)29-14-15-6-7-15)23(28-27-21)16-3-1-4-18(9-16)26-19-5-2-8-25-13-19/h1-5,8-11,13,15,26H,6-7,14H2,(H,27,28). The van der Waals surface area contributed by atoms with Crippen LogP contribution < -0.4 is 10.1 Å². The van der Waals surface area contributed by atoms with Gasteiger partial charge >= 0.3 is 0 Å². The second-order valence-corrected chi connectivity index (χ2v) is 7.28. The summed E-state index contributed by atoms with van der Waals surface area (Å²) in [6.45, 7) is 0.665. The van der Waals surface area contributed by atoms with E-state index in [1.165, 1.54) is 12.8 Å². The predicted octanol–water partition coefficient (Wildman–Crippen LogP) is 5.03. The normalized spacial score (nSPS) is 13.2. The zero-order valence-corrected chi connectivity index (χ0v) is 15.7. The van der Waals surface area contributed by atoms with Crippen molar-refractivity contribution in [2.24, 2.45) is 5.92 Å². The first kappa shape index (κ1) is 17.3. The maximum absolute atomic E-state index is 9.48. The summed E-state index contributed by atoms with van der Waals surface area (Å²) in [5.74, 6) is 1.25. The molecule has 1 saturated carbocycles. The number of fused-ring (bicyclic) bond motifs is 1. The predicted molar refractivity (Wildman–Crippen MR) is 112 cm³/mol. The first-order valence-electron chi connectivity index (χ1n) is 9.62. The summed E-state index contributed by atoms with van der Waals surface area (Å²) in [4.78, 5) is 4.13. The Morgan fingerprint density at radius 3 is 2.83 bits per heavy atom. The lowest BCUT2D eigenvalue weighted by Gasteiger charge is -2.09. The maximum atomic E-state index is 9.48. The van der Waals surface area contributed by atoms with Gasteiger partial charge in [-0.3, -0.25) is 10.1 Å². The van der Waals surface area contributed by atoms with Crippen molar-refractivity contribution in [1.82, 2.24) is 15.2 Å². The molecule has 0 bridgehead atoms. The summed E-state index contributed by atoms with van der Waals surface area (Å²) in [6.07, 6.45) is 5.94. The van der Waals surface area contributed by atoms with Gasteiger partial charge in [-0.1, -0.05) is 12.1 Å². The number of aromatic nitrogens is 3. The zero-order valence-electron chi connectivity index (χ0n) is 15.7. The maximum Gasteiger partial charge on any atom is 0.137 e. The van der Waals surface area contributed by atoms with Crippen LogP contribution >= 0.6 is 0 Å². The van der Waals surface area contributed by atoms with Crippen molar-refractivity contribution in [3.05, 3.63) is 66.5 Å². The molecule has 1 fully saturated rings. The largest absolute Gasteiger partial charge is 0.492 e. The zero-order chi connectivity index (χ0) is 19.6. The molecule has 1 aliphatic rings. The van der Waals surface area contributed by atoms with Crippen molar-refractivity contribution >= 4 is 22.3 Å². The Morgan fingerprint density at radius 1 is 1.14 bits per heavy atom. The number of anilines is 2. The van der Waals surface area contributed by atoms with Gasteiger partial charge < -0.3 is 10.1 Å². The van der Waals surface area contributed by atoms with Crippen LogP contribution in [-0.4, -0.2) is 21.8 Å². The number of nitrogens with one attached hydrogen (secondary N) is 2. The number of hydrogen-bond acceptors (Lipinski definition) is 5. The Balaban J connectivity index is 1.50. The van der Waals surface area contributed by atoms with E-state index in [0.717, 1.165) is 33.5 Å². The molecule has 6 nitrogen and oxygen atoms in total. The molecule has 0 unspecified atom stereocenters. The second kappa shape index (κ2) is 7.28. The van der Waals surface area contributed by atoms with E-state index in [0.29, 0.717) is 23.8 Å². The summed E-state index contributed by atoms with van der Waals surface area (Å²) in [6, 6.07) is 17.9. The SMILES string of the molecule is N#Cc1cc2[nH]nc(-c3cccc(Nc4cccnc4)c3)c2cc1OCC1CC1. The minimum atomic E-state index is 0.528. The fourth-order valence-electron chi connectivity index (χ4n) is 3.31. The molecule has 2 aromatic heterocycles. The van der Waals surface area contributed by atoms with Gasteiger partial charge in [-0.05, 0) is 55.2 Å². The van der Waals surface area contributed by atoms with Crippen LogP contribution in [0, 0.1) is 17.2 Å².